The number of anilines is 1. The maximum atomic E-state index is 11.4. The molecule has 70 valence electrons. The number of nitrogens with two attached hydrogens (primary N) is 1. The molecule has 1 fully saturated rings. The zero-order valence-corrected chi connectivity index (χ0v) is 7.79. The summed E-state index contributed by atoms with van der Waals surface area (Å²) in [4.78, 5) is 11.4. The number of aromatic nitrogens is 2. The van der Waals surface area contributed by atoms with Crippen LogP contribution in [0.3, 0.4) is 0 Å². The van der Waals surface area contributed by atoms with Crippen LogP contribution in [0.2, 0.25) is 5.02 Å². The summed E-state index contributed by atoms with van der Waals surface area (Å²) >= 11 is 5.64. The molecule has 0 bridgehead atoms. The van der Waals surface area contributed by atoms with Crippen molar-refractivity contribution >= 4 is 17.3 Å². The largest absolute Gasteiger partial charge is 0.393 e. The fraction of sp³-hybridized carbons (Fsp3) is 0.500. The Bertz CT molecular complexity index is 383. The summed E-state index contributed by atoms with van der Waals surface area (Å²) in [5.41, 5.74) is 5.29. The Balaban J connectivity index is 2.35. The summed E-state index contributed by atoms with van der Waals surface area (Å²) in [6, 6.07) is 0. The van der Waals surface area contributed by atoms with Gasteiger partial charge in [0.2, 0.25) is 0 Å². The van der Waals surface area contributed by atoms with Crippen molar-refractivity contribution in [2.75, 3.05) is 5.73 Å². The van der Waals surface area contributed by atoms with Crippen molar-refractivity contribution in [3.05, 3.63) is 21.6 Å². The SMILES string of the molecule is Nc1c(Cl)cnn(CC2CC2)c1=O. The van der Waals surface area contributed by atoms with Crippen molar-refractivity contribution < 1.29 is 0 Å². The smallest absolute Gasteiger partial charge is 0.291 e. The van der Waals surface area contributed by atoms with E-state index in [0.29, 0.717) is 12.5 Å². The minimum atomic E-state index is -0.278. The molecule has 0 radical (unpaired) electrons. The van der Waals surface area contributed by atoms with Gasteiger partial charge in [-0.2, -0.15) is 5.10 Å². The fourth-order valence-corrected chi connectivity index (χ4v) is 1.28. The standard InChI is InChI=1S/C8H10ClN3O/c9-6-3-11-12(4-5-1-2-5)8(13)7(6)10/h3,5H,1-2,4,10H2. The Labute approximate surface area is 80.3 Å². The van der Waals surface area contributed by atoms with Gasteiger partial charge in [-0.3, -0.25) is 4.79 Å². The van der Waals surface area contributed by atoms with Crippen LogP contribution in [0.15, 0.2) is 11.0 Å². The number of nitrogens with zero attached hydrogens (tertiary/aromatic N) is 2. The van der Waals surface area contributed by atoms with E-state index in [-0.39, 0.29) is 16.3 Å². The van der Waals surface area contributed by atoms with Gasteiger partial charge in [-0.15, -0.1) is 0 Å². The van der Waals surface area contributed by atoms with Gasteiger partial charge in [0.15, 0.2) is 0 Å². The summed E-state index contributed by atoms with van der Waals surface area (Å²) in [5.74, 6) is 0.603. The first kappa shape index (κ1) is 8.56. The van der Waals surface area contributed by atoms with Crippen LogP contribution < -0.4 is 11.3 Å². The zero-order valence-electron chi connectivity index (χ0n) is 7.03. The van der Waals surface area contributed by atoms with E-state index in [1.165, 1.54) is 23.7 Å². The summed E-state index contributed by atoms with van der Waals surface area (Å²) < 4.78 is 1.39. The highest BCUT2D eigenvalue weighted by Gasteiger charge is 2.23. The van der Waals surface area contributed by atoms with Crippen molar-refractivity contribution in [3.63, 3.8) is 0 Å². The molecule has 0 unspecified atom stereocenters. The predicted octanol–water partition coefficient (Wildman–Crippen LogP) is 0.889. The van der Waals surface area contributed by atoms with Crippen LogP contribution in [0.4, 0.5) is 5.69 Å². The Hall–Kier alpha value is -1.03. The monoisotopic (exact) mass is 199 g/mol. The number of hydrogen-bond donors (Lipinski definition) is 1. The maximum Gasteiger partial charge on any atom is 0.291 e. The molecule has 2 N–H and O–H groups in total. The number of halogens is 1. The molecule has 0 atom stereocenters. The quantitative estimate of drug-likeness (QED) is 0.770. The number of nitrogen functional groups attached to an aromatic ring is 1. The molecule has 0 saturated heterocycles. The lowest BCUT2D eigenvalue weighted by Crippen LogP contribution is -2.26. The van der Waals surface area contributed by atoms with Gasteiger partial charge in [0.25, 0.3) is 5.56 Å². The van der Waals surface area contributed by atoms with Crippen LogP contribution >= 0.6 is 11.6 Å². The van der Waals surface area contributed by atoms with E-state index in [1.807, 2.05) is 0 Å². The van der Waals surface area contributed by atoms with Crippen molar-refractivity contribution in [1.82, 2.24) is 9.78 Å². The van der Waals surface area contributed by atoms with Crippen LogP contribution in [0.25, 0.3) is 0 Å². The average Bonchev–Trinajstić information content (AvgIpc) is 2.90. The van der Waals surface area contributed by atoms with Crippen molar-refractivity contribution in [2.24, 2.45) is 5.92 Å². The normalized spacial score (nSPS) is 16.1. The van der Waals surface area contributed by atoms with Crippen molar-refractivity contribution in [3.8, 4) is 0 Å². The van der Waals surface area contributed by atoms with Gasteiger partial charge in [0, 0.05) is 6.54 Å². The molecule has 13 heavy (non-hydrogen) atoms. The van der Waals surface area contributed by atoms with Crippen molar-refractivity contribution in [1.29, 1.82) is 0 Å². The Morgan fingerprint density at radius 1 is 1.69 bits per heavy atom. The Kier molecular flexibility index (Phi) is 2.00. The molecule has 1 aromatic heterocycles. The second-order valence-electron chi connectivity index (χ2n) is 3.34. The summed E-state index contributed by atoms with van der Waals surface area (Å²) in [5, 5.41) is 4.14. The van der Waals surface area contributed by atoms with Gasteiger partial charge >= 0.3 is 0 Å². The van der Waals surface area contributed by atoms with Gasteiger partial charge in [-0.25, -0.2) is 4.68 Å². The van der Waals surface area contributed by atoms with E-state index in [0.717, 1.165) is 0 Å². The molecule has 0 aromatic carbocycles. The molecule has 4 nitrogen and oxygen atoms in total. The zero-order chi connectivity index (χ0) is 9.42. The maximum absolute atomic E-state index is 11.4. The van der Waals surface area contributed by atoms with Crippen LogP contribution in [-0.2, 0) is 6.54 Å². The molecule has 1 heterocycles. The molecule has 1 saturated carbocycles. The minimum absolute atomic E-state index is 0.0947. The highest BCUT2D eigenvalue weighted by Crippen LogP contribution is 2.29. The van der Waals surface area contributed by atoms with Gasteiger partial charge < -0.3 is 5.73 Å². The third kappa shape index (κ3) is 1.67. The van der Waals surface area contributed by atoms with Gasteiger partial charge in [0.1, 0.15) is 5.69 Å². The van der Waals surface area contributed by atoms with Crippen LogP contribution in [0.1, 0.15) is 12.8 Å². The number of hydrogen-bond acceptors (Lipinski definition) is 3. The number of rotatable bonds is 2. The molecule has 0 aliphatic heterocycles. The second kappa shape index (κ2) is 3.03. The highest BCUT2D eigenvalue weighted by atomic mass is 35.5. The molecule has 1 aliphatic rings. The highest BCUT2D eigenvalue weighted by molar-refractivity contribution is 6.32. The van der Waals surface area contributed by atoms with Gasteiger partial charge in [-0.1, -0.05) is 11.6 Å². The first-order valence-corrected chi connectivity index (χ1v) is 4.57. The third-order valence-electron chi connectivity index (χ3n) is 2.16. The molecular formula is C8H10ClN3O. The Morgan fingerprint density at radius 2 is 2.38 bits per heavy atom. The summed E-state index contributed by atoms with van der Waals surface area (Å²) in [6.07, 6.45) is 3.77. The van der Waals surface area contributed by atoms with E-state index < -0.39 is 0 Å². The molecular weight excluding hydrogens is 190 g/mol. The molecule has 0 spiro atoms. The average molecular weight is 200 g/mol. The van der Waals surface area contributed by atoms with E-state index in [1.54, 1.807) is 0 Å². The second-order valence-corrected chi connectivity index (χ2v) is 3.74. The summed E-state index contributed by atoms with van der Waals surface area (Å²) in [6.45, 7) is 0.667. The first-order valence-electron chi connectivity index (χ1n) is 4.19. The van der Waals surface area contributed by atoms with E-state index >= 15 is 0 Å². The van der Waals surface area contributed by atoms with Crippen LogP contribution in [0.5, 0.6) is 0 Å². The topological polar surface area (TPSA) is 60.9 Å². The van der Waals surface area contributed by atoms with E-state index in [4.69, 9.17) is 17.3 Å². The third-order valence-corrected chi connectivity index (χ3v) is 2.46. The lowest BCUT2D eigenvalue weighted by molar-refractivity contribution is 0.535. The molecule has 1 aromatic rings. The lowest BCUT2D eigenvalue weighted by atomic mass is 10.4. The molecule has 5 heteroatoms. The first-order chi connectivity index (χ1) is 6.18. The van der Waals surface area contributed by atoms with Gasteiger partial charge in [0.05, 0.1) is 11.2 Å². The van der Waals surface area contributed by atoms with Gasteiger partial charge in [-0.05, 0) is 18.8 Å². The van der Waals surface area contributed by atoms with E-state index in [9.17, 15) is 4.79 Å². The van der Waals surface area contributed by atoms with Crippen LogP contribution in [0, 0.1) is 5.92 Å². The summed E-state index contributed by atoms with van der Waals surface area (Å²) in [7, 11) is 0. The van der Waals surface area contributed by atoms with Crippen molar-refractivity contribution in [2.45, 2.75) is 19.4 Å². The molecule has 0 amide bonds. The minimum Gasteiger partial charge on any atom is -0.393 e. The Morgan fingerprint density at radius 3 is 3.00 bits per heavy atom. The fourth-order valence-electron chi connectivity index (χ4n) is 1.16. The van der Waals surface area contributed by atoms with Crippen LogP contribution in [-0.4, -0.2) is 9.78 Å². The lowest BCUT2D eigenvalue weighted by Gasteiger charge is -2.03. The molecule has 1 aliphatic carbocycles. The molecule has 2 rings (SSSR count). The van der Waals surface area contributed by atoms with E-state index in [2.05, 4.69) is 5.10 Å². The predicted molar refractivity (Wildman–Crippen MR) is 50.6 cm³/mol.